The zero-order valence-corrected chi connectivity index (χ0v) is 63.6. The average Bonchev–Trinajstić information content (AvgIpc) is 1.37. The van der Waals surface area contributed by atoms with Crippen LogP contribution in [0.3, 0.4) is 0 Å². The SMILES string of the molecule is c1ccc(-c2ccc(C34C5=C6C7C8=C5C5(c9ccc(-c%10ccccc%10)cc9)c9c3c3c%10c4c4c%11c%12c(c%13c%14c%15c(c%16c%17c%18c(c5c5c9c9c3c3c%19c%10c%11c%10c%11c%12c%14c%12c%14c%15c%17c%15c%17c%18c5c5c9c3c3c(c%19%10)c(c%11%12)c(c%15%14)c3c5%17)C8%16c3ccc(-c5ccccc5)cc3)C%137c3ccc(-c5ccccc5)cc3)C64c3ccc(-c4ccccc4)cc3)cc2)cc1. The highest BCUT2D eigenvalue weighted by molar-refractivity contribution is 6.77. The van der Waals surface area contributed by atoms with Crippen LogP contribution in [0.4, 0.5) is 0 Å². The Balaban J connectivity index is 0.853. The molecule has 4 unspecified atom stereocenters. The van der Waals surface area contributed by atoms with Crippen molar-refractivity contribution in [1.29, 1.82) is 0 Å². The van der Waals surface area contributed by atoms with Crippen molar-refractivity contribution >= 4 is 215 Å². The summed E-state index contributed by atoms with van der Waals surface area (Å²) in [6, 6.07) is 110. The molecule has 11 aliphatic rings. The first-order valence-electron chi connectivity index (χ1n) is 43.8. The van der Waals surface area contributed by atoms with E-state index in [2.05, 4.69) is 273 Å². The van der Waals surface area contributed by atoms with E-state index in [1.807, 2.05) is 0 Å². The largest absolute Gasteiger partial charge is 0.0724 e. The molecule has 526 valence electrons. The number of allylic oxidation sites excluding steroid dienone is 4. The fraction of sp³-hybridized carbons (Fsp3) is 0.0500. The third-order valence-corrected chi connectivity index (χ3v) is 36.8. The summed E-state index contributed by atoms with van der Waals surface area (Å²) in [5.74, 6) is -0.191. The molecule has 42 rings (SSSR count). The van der Waals surface area contributed by atoms with Crippen molar-refractivity contribution in [2.24, 2.45) is 5.92 Å². The predicted molar refractivity (Wildman–Crippen MR) is 494 cm³/mol. The lowest BCUT2D eigenvalue weighted by Gasteiger charge is -2.60. The van der Waals surface area contributed by atoms with Crippen LogP contribution in [-0.2, 0) is 27.1 Å². The molecule has 0 spiro atoms. The van der Waals surface area contributed by atoms with Crippen molar-refractivity contribution in [2.75, 3.05) is 0 Å². The highest BCUT2D eigenvalue weighted by Crippen LogP contribution is 2.93. The number of hydrogen-bond donors (Lipinski definition) is 0. The zero-order valence-electron chi connectivity index (χ0n) is 63.6. The van der Waals surface area contributed by atoms with E-state index >= 15 is 0 Å². The summed E-state index contributed by atoms with van der Waals surface area (Å²) in [7, 11) is 0. The Morgan fingerprint density at radius 3 is 0.483 bits per heavy atom. The Bertz CT molecular complexity index is 10000. The first-order chi connectivity index (χ1) is 59.7. The van der Waals surface area contributed by atoms with Gasteiger partial charge < -0.3 is 0 Å². The molecule has 31 aromatic rings. The summed E-state index contributed by atoms with van der Waals surface area (Å²) in [6.07, 6.45) is 0. The van der Waals surface area contributed by atoms with E-state index in [1.54, 1.807) is 293 Å². The first kappa shape index (κ1) is 54.2. The summed E-state index contributed by atoms with van der Waals surface area (Å²) in [5.41, 5.74) is 38.9. The summed E-state index contributed by atoms with van der Waals surface area (Å²) in [4.78, 5) is 0. The molecule has 11 aliphatic carbocycles. The van der Waals surface area contributed by atoms with Gasteiger partial charge in [-0.3, -0.25) is 0 Å². The van der Waals surface area contributed by atoms with Crippen LogP contribution in [0.5, 0.6) is 0 Å². The summed E-state index contributed by atoms with van der Waals surface area (Å²) in [5, 5.41) is 63.8. The fourth-order valence-corrected chi connectivity index (χ4v) is 34.7. The van der Waals surface area contributed by atoms with Gasteiger partial charge in [0, 0.05) is 5.92 Å². The van der Waals surface area contributed by atoms with Gasteiger partial charge in [-0.15, -0.1) is 0 Å². The van der Waals surface area contributed by atoms with E-state index < -0.39 is 27.1 Å². The molecule has 0 nitrogen and oxygen atoms in total. The maximum absolute atomic E-state index is 2.75. The summed E-state index contributed by atoms with van der Waals surface area (Å²) < 4.78 is 0. The second-order valence-corrected chi connectivity index (χ2v) is 39.3. The van der Waals surface area contributed by atoms with Crippen molar-refractivity contribution in [3.63, 3.8) is 0 Å². The molecule has 0 bridgehead atoms. The molecular formula is C120H46. The van der Waals surface area contributed by atoms with Gasteiger partial charge in [-0.05, 0) is 377 Å². The molecule has 0 aromatic heterocycles. The quantitative estimate of drug-likeness (QED) is 0.120. The maximum Gasteiger partial charge on any atom is 0.0724 e. The van der Waals surface area contributed by atoms with Crippen molar-refractivity contribution in [3.8, 4) is 55.6 Å². The van der Waals surface area contributed by atoms with Crippen LogP contribution >= 0.6 is 0 Å². The first-order valence-corrected chi connectivity index (χ1v) is 43.8. The predicted octanol–water partition coefficient (Wildman–Crippen LogP) is 29.5. The molecule has 0 amide bonds. The van der Waals surface area contributed by atoms with Crippen LogP contribution in [0.15, 0.2) is 295 Å². The van der Waals surface area contributed by atoms with Gasteiger partial charge in [-0.25, -0.2) is 0 Å². The standard InChI is InChI=1S/C120H46/c1-6-16-46(17-7-1)51-26-36-56(37-27-51)116-101-91-81-71-66-61-62-64-65-63(61)68-75-73(66)83(81)93-95-85(75)87-77(68)79-70(65)80-78-69(64)76-74-67(62)72(71)82-84(74)94-96-86(76)88(78)98-100-90(80)89(79)99-97(87)107-105(95)117(103(93)101,57-38-28-52(29-39-57)47-18-8-2-9-19-47)112-111(116)113-115-114(112)119(107,59-42-32-54(33-43-59)49-22-12-4-13-23-49)109(99)110(100)120(115,60-44-34-55(35-45-60)50-24-14-5-15-25-50)108(98)106(96)118(113,104(94)102(116)92(82)91)58-40-30-53(31-41-58)48-20-10-3-11-21-48/h1-45,111H. The van der Waals surface area contributed by atoms with Gasteiger partial charge in [-0.2, -0.15) is 0 Å². The van der Waals surface area contributed by atoms with E-state index in [4.69, 9.17) is 0 Å². The Kier molecular flexibility index (Phi) is 6.86. The van der Waals surface area contributed by atoms with Gasteiger partial charge in [0.2, 0.25) is 0 Å². The monoisotopic (exact) mass is 1490 g/mol. The smallest absolute Gasteiger partial charge is 0.0622 e. The molecule has 120 heavy (non-hydrogen) atoms. The van der Waals surface area contributed by atoms with E-state index in [1.165, 1.54) is 83.5 Å². The normalized spacial score (nSPS) is 22.9. The van der Waals surface area contributed by atoms with Crippen molar-refractivity contribution in [2.45, 2.75) is 27.1 Å². The summed E-state index contributed by atoms with van der Waals surface area (Å²) >= 11 is 0. The number of hydrogen-bond acceptors (Lipinski definition) is 0. The van der Waals surface area contributed by atoms with Crippen LogP contribution in [-0.4, -0.2) is 0 Å². The molecule has 0 saturated heterocycles. The Hall–Kier alpha value is -14.8. The topological polar surface area (TPSA) is 0 Å². The van der Waals surface area contributed by atoms with Crippen LogP contribution in [0.25, 0.3) is 271 Å². The van der Waals surface area contributed by atoms with Crippen LogP contribution in [0.2, 0.25) is 0 Å². The third kappa shape index (κ3) is 4.06. The Morgan fingerprint density at radius 1 is 0.125 bits per heavy atom. The highest BCUT2D eigenvalue weighted by Gasteiger charge is 2.83. The van der Waals surface area contributed by atoms with E-state index in [0.717, 1.165) is 0 Å². The van der Waals surface area contributed by atoms with Gasteiger partial charge in [0.15, 0.2) is 0 Å². The lowest BCUT2D eigenvalue weighted by Crippen LogP contribution is -2.57. The number of benzene rings is 25. The molecule has 0 radical (unpaired) electrons. The van der Waals surface area contributed by atoms with E-state index in [0.29, 0.717) is 0 Å². The molecule has 31 aromatic carbocycles. The molecule has 0 saturated carbocycles. The van der Waals surface area contributed by atoms with Crippen molar-refractivity contribution < 1.29 is 0 Å². The Labute approximate surface area is 677 Å². The van der Waals surface area contributed by atoms with Gasteiger partial charge in [0.25, 0.3) is 0 Å². The fourth-order valence-electron chi connectivity index (χ4n) is 34.7. The molecule has 0 fully saturated rings. The third-order valence-electron chi connectivity index (χ3n) is 36.8. The van der Waals surface area contributed by atoms with Crippen LogP contribution < -0.4 is 0 Å². The van der Waals surface area contributed by atoms with Gasteiger partial charge in [0.1, 0.15) is 0 Å². The van der Waals surface area contributed by atoms with Gasteiger partial charge >= 0.3 is 0 Å². The second-order valence-electron chi connectivity index (χ2n) is 39.3. The lowest BCUT2D eigenvalue weighted by atomic mass is 9.40. The van der Waals surface area contributed by atoms with Crippen molar-refractivity contribution in [1.82, 2.24) is 0 Å². The van der Waals surface area contributed by atoms with Gasteiger partial charge in [-0.1, -0.05) is 273 Å². The highest BCUT2D eigenvalue weighted by atomic mass is 14.8. The van der Waals surface area contributed by atoms with Gasteiger partial charge in [0.05, 0.1) is 27.1 Å². The van der Waals surface area contributed by atoms with E-state index in [9.17, 15) is 0 Å². The minimum atomic E-state index is -0.808. The van der Waals surface area contributed by atoms with Crippen LogP contribution in [0, 0.1) is 5.92 Å². The molecule has 0 N–H and O–H groups in total. The lowest BCUT2D eigenvalue weighted by molar-refractivity contribution is 0.369. The average molecular weight is 1490 g/mol. The van der Waals surface area contributed by atoms with Crippen molar-refractivity contribution in [3.05, 3.63) is 379 Å². The molecule has 0 heterocycles. The maximum atomic E-state index is 2.75. The molecular weight excluding hydrogens is 1440 g/mol. The Morgan fingerprint density at radius 2 is 0.275 bits per heavy atom. The molecule has 4 atom stereocenters. The van der Waals surface area contributed by atoms with Crippen LogP contribution in [0.1, 0.15) is 83.5 Å². The molecule has 0 heteroatoms. The zero-order chi connectivity index (χ0) is 74.7. The summed E-state index contributed by atoms with van der Waals surface area (Å²) in [6.45, 7) is 0. The molecule has 0 aliphatic heterocycles. The van der Waals surface area contributed by atoms with E-state index in [-0.39, 0.29) is 5.92 Å². The number of rotatable bonds is 10. The second kappa shape index (κ2) is 15.2. The minimum Gasteiger partial charge on any atom is -0.0622 e. The minimum absolute atomic E-state index is 0.191.